The molecule has 0 aliphatic rings. The quantitative estimate of drug-likeness (QED) is 0.846. The summed E-state index contributed by atoms with van der Waals surface area (Å²) >= 11 is 5.88. The van der Waals surface area contributed by atoms with E-state index in [1.54, 1.807) is 18.2 Å². The Morgan fingerprint density at radius 2 is 1.81 bits per heavy atom. The number of halogens is 1. The van der Waals surface area contributed by atoms with E-state index in [0.717, 1.165) is 5.56 Å². The van der Waals surface area contributed by atoms with Gasteiger partial charge in [-0.3, -0.25) is 0 Å². The van der Waals surface area contributed by atoms with Gasteiger partial charge in [-0.25, -0.2) is 13.1 Å². The molecule has 0 radical (unpaired) electrons. The van der Waals surface area contributed by atoms with Crippen molar-refractivity contribution in [1.82, 2.24) is 4.72 Å². The topological polar surface area (TPSA) is 81.4 Å². The van der Waals surface area contributed by atoms with Gasteiger partial charge in [-0.2, -0.15) is 0 Å². The minimum absolute atomic E-state index is 0.0858. The lowest BCUT2D eigenvalue weighted by Crippen LogP contribution is -2.18. The van der Waals surface area contributed by atoms with Gasteiger partial charge in [0.25, 0.3) is 0 Å². The lowest BCUT2D eigenvalue weighted by atomic mass is 10.2. The average Bonchev–Trinajstić information content (AvgIpc) is 2.43. The molecule has 0 bridgehead atoms. The number of benzene rings is 2. The third-order valence-electron chi connectivity index (χ3n) is 2.92. The third kappa shape index (κ3) is 3.47. The summed E-state index contributed by atoms with van der Waals surface area (Å²) in [5, 5.41) is 0.614. The lowest BCUT2D eigenvalue weighted by Gasteiger charge is -2.12. The van der Waals surface area contributed by atoms with Crippen molar-refractivity contribution in [2.45, 2.75) is 11.8 Å². The molecule has 7 heteroatoms. The second kappa shape index (κ2) is 5.93. The number of aryl methyl sites for hydroxylation is 1. The van der Waals surface area contributed by atoms with Gasteiger partial charge >= 0.3 is 0 Å². The molecule has 21 heavy (non-hydrogen) atoms. The molecule has 0 saturated carbocycles. The van der Waals surface area contributed by atoms with Crippen LogP contribution in [0.2, 0.25) is 5.02 Å². The molecule has 0 aliphatic carbocycles. The zero-order valence-corrected chi connectivity index (χ0v) is 13.1. The second-order valence-electron chi connectivity index (χ2n) is 4.42. The first-order valence-corrected chi connectivity index (χ1v) is 7.96. The maximum Gasteiger partial charge on any atom is 0.240 e. The van der Waals surface area contributed by atoms with Crippen LogP contribution in [-0.4, -0.2) is 15.5 Å². The summed E-state index contributed by atoms with van der Waals surface area (Å²) in [5.41, 5.74) is 6.95. The molecule has 0 fully saturated rings. The zero-order valence-electron chi connectivity index (χ0n) is 11.6. The van der Waals surface area contributed by atoms with E-state index in [2.05, 4.69) is 4.72 Å². The number of anilines is 1. The Bertz CT molecular complexity index is 776. The molecule has 0 unspecified atom stereocenters. The normalized spacial score (nSPS) is 11.4. The van der Waals surface area contributed by atoms with E-state index in [9.17, 15) is 8.42 Å². The minimum atomic E-state index is -3.53. The van der Waals surface area contributed by atoms with Crippen molar-refractivity contribution in [3.8, 4) is 11.5 Å². The first kappa shape index (κ1) is 15.6. The number of hydrogen-bond donors (Lipinski definition) is 2. The minimum Gasteiger partial charge on any atom is -0.455 e. The Balaban J connectivity index is 2.34. The second-order valence-corrected chi connectivity index (χ2v) is 6.74. The van der Waals surface area contributed by atoms with E-state index in [1.807, 2.05) is 6.92 Å². The number of nitrogen functional groups attached to an aromatic ring is 1. The van der Waals surface area contributed by atoms with Gasteiger partial charge in [0.1, 0.15) is 11.5 Å². The number of sulfonamides is 1. The zero-order chi connectivity index (χ0) is 15.6. The van der Waals surface area contributed by atoms with Gasteiger partial charge in [0.15, 0.2) is 0 Å². The maximum absolute atomic E-state index is 11.7. The van der Waals surface area contributed by atoms with Crippen molar-refractivity contribution in [3.05, 3.63) is 47.0 Å². The molecule has 0 saturated heterocycles. The number of ether oxygens (including phenoxy) is 1. The van der Waals surface area contributed by atoms with Crippen LogP contribution in [-0.2, 0) is 10.0 Å². The molecule has 3 N–H and O–H groups in total. The van der Waals surface area contributed by atoms with Gasteiger partial charge in [-0.15, -0.1) is 0 Å². The van der Waals surface area contributed by atoms with E-state index in [0.29, 0.717) is 16.5 Å². The van der Waals surface area contributed by atoms with E-state index >= 15 is 0 Å². The maximum atomic E-state index is 11.7. The van der Waals surface area contributed by atoms with Crippen LogP contribution in [0.4, 0.5) is 5.69 Å². The van der Waals surface area contributed by atoms with Gasteiger partial charge in [-0.1, -0.05) is 11.6 Å². The molecule has 5 nitrogen and oxygen atoms in total. The van der Waals surface area contributed by atoms with Crippen molar-refractivity contribution in [2.24, 2.45) is 0 Å². The van der Waals surface area contributed by atoms with Gasteiger partial charge in [0.05, 0.1) is 10.6 Å². The smallest absolute Gasteiger partial charge is 0.240 e. The molecular weight excluding hydrogens is 312 g/mol. The first-order valence-electron chi connectivity index (χ1n) is 6.10. The summed E-state index contributed by atoms with van der Waals surface area (Å²) in [6, 6.07) is 9.52. The molecule has 2 rings (SSSR count). The van der Waals surface area contributed by atoms with Crippen LogP contribution in [0.3, 0.4) is 0 Å². The lowest BCUT2D eigenvalue weighted by molar-refractivity contribution is 0.481. The highest BCUT2D eigenvalue weighted by Crippen LogP contribution is 2.32. The van der Waals surface area contributed by atoms with Gasteiger partial charge in [-0.05, 0) is 55.9 Å². The Labute approximate surface area is 128 Å². The summed E-state index contributed by atoms with van der Waals surface area (Å²) < 4.78 is 31.3. The third-order valence-corrected chi connectivity index (χ3v) is 4.56. The predicted octanol–water partition coefficient (Wildman–Crippen LogP) is 2.93. The molecule has 0 atom stereocenters. The van der Waals surface area contributed by atoms with Crippen LogP contribution in [0, 0.1) is 6.92 Å². The summed E-state index contributed by atoms with van der Waals surface area (Å²) in [6.45, 7) is 1.86. The van der Waals surface area contributed by atoms with Gasteiger partial charge in [0, 0.05) is 5.02 Å². The van der Waals surface area contributed by atoms with Crippen LogP contribution in [0.25, 0.3) is 0 Å². The van der Waals surface area contributed by atoms with Crippen LogP contribution in [0.15, 0.2) is 41.3 Å². The molecular formula is C14H15ClN2O3S. The van der Waals surface area contributed by atoms with Gasteiger partial charge in [0.2, 0.25) is 10.0 Å². The van der Waals surface area contributed by atoms with Crippen molar-refractivity contribution >= 4 is 27.3 Å². The van der Waals surface area contributed by atoms with Crippen molar-refractivity contribution in [3.63, 3.8) is 0 Å². The Morgan fingerprint density at radius 3 is 2.38 bits per heavy atom. The molecule has 2 aromatic carbocycles. The van der Waals surface area contributed by atoms with Crippen molar-refractivity contribution in [2.75, 3.05) is 12.8 Å². The van der Waals surface area contributed by atoms with E-state index < -0.39 is 10.0 Å². The number of hydrogen-bond acceptors (Lipinski definition) is 4. The summed E-state index contributed by atoms with van der Waals surface area (Å²) in [6.07, 6.45) is 0. The standard InChI is InChI=1S/C14H15ClN2O3S/c1-9-7-10(15)3-5-13(9)20-14-6-4-11(8-12(14)16)21(18,19)17-2/h3-8,17H,16H2,1-2H3. The monoisotopic (exact) mass is 326 g/mol. The number of nitrogens with two attached hydrogens (primary N) is 1. The van der Waals surface area contributed by atoms with Crippen LogP contribution in [0.1, 0.15) is 5.56 Å². The fourth-order valence-electron chi connectivity index (χ4n) is 1.75. The largest absolute Gasteiger partial charge is 0.455 e. The Morgan fingerprint density at radius 1 is 1.14 bits per heavy atom. The highest BCUT2D eigenvalue weighted by atomic mass is 35.5. The molecule has 2 aromatic rings. The number of rotatable bonds is 4. The Kier molecular flexibility index (Phi) is 4.41. The molecule has 0 heterocycles. The van der Waals surface area contributed by atoms with E-state index in [4.69, 9.17) is 22.1 Å². The highest BCUT2D eigenvalue weighted by molar-refractivity contribution is 7.89. The van der Waals surface area contributed by atoms with Crippen molar-refractivity contribution in [1.29, 1.82) is 0 Å². The van der Waals surface area contributed by atoms with Crippen LogP contribution >= 0.6 is 11.6 Å². The highest BCUT2D eigenvalue weighted by Gasteiger charge is 2.14. The summed E-state index contributed by atoms with van der Waals surface area (Å²) in [5.74, 6) is 0.991. The first-order chi connectivity index (χ1) is 9.83. The SMILES string of the molecule is CNS(=O)(=O)c1ccc(Oc2ccc(Cl)cc2C)c(N)c1. The van der Waals surface area contributed by atoms with Crippen LogP contribution in [0.5, 0.6) is 11.5 Å². The predicted molar refractivity (Wildman–Crippen MR) is 83.4 cm³/mol. The molecule has 112 valence electrons. The van der Waals surface area contributed by atoms with Crippen LogP contribution < -0.4 is 15.2 Å². The average molecular weight is 327 g/mol. The summed E-state index contributed by atoms with van der Waals surface area (Å²) in [7, 11) is -2.19. The Hall–Kier alpha value is -1.76. The fourth-order valence-corrected chi connectivity index (χ4v) is 2.74. The van der Waals surface area contributed by atoms with Crippen molar-refractivity contribution < 1.29 is 13.2 Å². The molecule has 0 spiro atoms. The molecule has 0 amide bonds. The molecule has 0 aliphatic heterocycles. The number of nitrogens with one attached hydrogen (secondary N) is 1. The fraction of sp³-hybridized carbons (Fsp3) is 0.143. The van der Waals surface area contributed by atoms with Gasteiger partial charge < -0.3 is 10.5 Å². The molecule has 0 aromatic heterocycles. The summed E-state index contributed by atoms with van der Waals surface area (Å²) in [4.78, 5) is 0.0858. The van der Waals surface area contributed by atoms with E-state index in [-0.39, 0.29) is 10.6 Å². The van der Waals surface area contributed by atoms with E-state index in [1.165, 1.54) is 25.2 Å².